The fourth-order valence-electron chi connectivity index (χ4n) is 2.81. The summed E-state index contributed by atoms with van der Waals surface area (Å²) in [7, 11) is 0. The predicted molar refractivity (Wildman–Crippen MR) is 116 cm³/mol. The van der Waals surface area contributed by atoms with Gasteiger partial charge >= 0.3 is 18.1 Å². The average molecular weight is 472 g/mol. The molecule has 0 atom stereocenters. The highest BCUT2D eigenvalue weighted by atomic mass is 19.4. The number of nitrogens with one attached hydrogen (secondary N) is 1. The van der Waals surface area contributed by atoms with Crippen molar-refractivity contribution in [2.24, 2.45) is 5.16 Å². The summed E-state index contributed by atoms with van der Waals surface area (Å²) >= 11 is 0. The van der Waals surface area contributed by atoms with E-state index >= 15 is 0 Å². The molecule has 0 aliphatic rings. The van der Waals surface area contributed by atoms with Crippen molar-refractivity contribution in [2.45, 2.75) is 25.6 Å². The summed E-state index contributed by atoms with van der Waals surface area (Å²) in [5.41, 5.74) is 1.60. The topological polar surface area (TPSA) is 114 Å². The van der Waals surface area contributed by atoms with E-state index in [9.17, 15) is 22.8 Å². The number of carbonyl (C=O) groups excluding carboxylic acids is 1. The van der Waals surface area contributed by atoms with Gasteiger partial charge in [-0.05, 0) is 29.8 Å². The minimum atomic E-state index is -5.22. The third-order valence-electron chi connectivity index (χ3n) is 4.46. The molecule has 0 unspecified atom stereocenters. The van der Waals surface area contributed by atoms with E-state index in [1.165, 1.54) is 6.07 Å². The fraction of sp³-hybridized carbons (Fsp3) is 0.174. The quantitative estimate of drug-likeness (QED) is 0.275. The minimum Gasteiger partial charge on any atom is -0.481 e. The molecule has 0 aliphatic carbocycles. The zero-order valence-corrected chi connectivity index (χ0v) is 17.6. The van der Waals surface area contributed by atoms with Gasteiger partial charge in [-0.1, -0.05) is 41.6 Å². The van der Waals surface area contributed by atoms with Crippen LogP contribution in [0.1, 0.15) is 28.9 Å². The summed E-state index contributed by atoms with van der Waals surface area (Å²) in [4.78, 5) is 34.6. The maximum absolute atomic E-state index is 12.6. The van der Waals surface area contributed by atoms with Gasteiger partial charge in [0, 0.05) is 30.4 Å². The standard InChI is InChI=1S/C23H19F3N4O4/c24-23(25,26)22(33)34-30-21(18-5-3-4-17(29-18)11-12-20(31)32)16-9-7-15(8-10-16)14-28-19-6-1-2-13-27-19/h1-10,13H,11-12,14H2,(H,27,28)(H,31,32). The first-order valence-corrected chi connectivity index (χ1v) is 10.0. The number of pyridine rings is 2. The molecule has 11 heteroatoms. The molecule has 0 fully saturated rings. The number of aryl methyl sites for hydroxylation is 1. The van der Waals surface area contributed by atoms with Gasteiger partial charge in [-0.15, -0.1) is 0 Å². The number of halogens is 3. The summed E-state index contributed by atoms with van der Waals surface area (Å²) in [6, 6.07) is 16.7. The third kappa shape index (κ3) is 7.12. The Morgan fingerprint density at radius 1 is 1.03 bits per heavy atom. The lowest BCUT2D eigenvalue weighted by molar-refractivity contribution is -0.199. The Bertz CT molecular complexity index is 1170. The van der Waals surface area contributed by atoms with Gasteiger partial charge < -0.3 is 15.3 Å². The number of alkyl halides is 3. The van der Waals surface area contributed by atoms with Gasteiger partial charge in [0.15, 0.2) is 0 Å². The number of hydrogen-bond acceptors (Lipinski definition) is 7. The molecular formula is C23H19F3N4O4. The third-order valence-corrected chi connectivity index (χ3v) is 4.46. The van der Waals surface area contributed by atoms with E-state index in [-0.39, 0.29) is 24.2 Å². The monoisotopic (exact) mass is 472 g/mol. The first-order valence-electron chi connectivity index (χ1n) is 10.0. The number of aromatic nitrogens is 2. The highest BCUT2D eigenvalue weighted by Gasteiger charge is 2.41. The van der Waals surface area contributed by atoms with Gasteiger partial charge in [0.1, 0.15) is 11.5 Å². The molecule has 0 bridgehead atoms. The van der Waals surface area contributed by atoms with E-state index in [1.807, 2.05) is 6.07 Å². The molecule has 0 amide bonds. The Labute approximate surface area is 192 Å². The Morgan fingerprint density at radius 2 is 1.79 bits per heavy atom. The molecule has 0 saturated heterocycles. The van der Waals surface area contributed by atoms with Crippen LogP contribution >= 0.6 is 0 Å². The second kappa shape index (κ2) is 11.0. The van der Waals surface area contributed by atoms with Crippen molar-refractivity contribution in [3.63, 3.8) is 0 Å². The molecule has 2 aromatic heterocycles. The number of carbonyl (C=O) groups is 2. The van der Waals surface area contributed by atoms with Gasteiger partial charge in [0.05, 0.1) is 12.1 Å². The van der Waals surface area contributed by atoms with Crippen LogP contribution < -0.4 is 5.32 Å². The predicted octanol–water partition coefficient (Wildman–Crippen LogP) is 3.96. The SMILES string of the molecule is O=C(O)CCc1cccc(C(=NOC(=O)C(F)(F)F)c2ccc(CNc3ccccn3)cc2)n1. The Balaban J connectivity index is 1.85. The van der Waals surface area contributed by atoms with Crippen LogP contribution in [0.5, 0.6) is 0 Å². The average Bonchev–Trinajstić information content (AvgIpc) is 2.82. The summed E-state index contributed by atoms with van der Waals surface area (Å²) in [5.74, 6) is -2.81. The van der Waals surface area contributed by atoms with Crippen molar-refractivity contribution in [3.8, 4) is 0 Å². The number of nitrogens with zero attached hydrogens (tertiary/aromatic N) is 3. The molecule has 2 N–H and O–H groups in total. The smallest absolute Gasteiger partial charge is 0.481 e. The van der Waals surface area contributed by atoms with Crippen molar-refractivity contribution >= 4 is 23.5 Å². The van der Waals surface area contributed by atoms with Crippen LogP contribution in [0.15, 0.2) is 72.0 Å². The zero-order chi connectivity index (χ0) is 24.6. The van der Waals surface area contributed by atoms with Crippen LogP contribution in [0, 0.1) is 0 Å². The highest BCUT2D eigenvalue weighted by molar-refractivity contribution is 6.11. The van der Waals surface area contributed by atoms with Crippen molar-refractivity contribution in [3.05, 3.63) is 89.4 Å². The van der Waals surface area contributed by atoms with Crippen LogP contribution in [0.25, 0.3) is 0 Å². The molecule has 0 aliphatic heterocycles. The second-order valence-corrected chi connectivity index (χ2v) is 6.99. The number of rotatable bonds is 9. The summed E-state index contributed by atoms with van der Waals surface area (Å²) < 4.78 is 37.8. The largest absolute Gasteiger partial charge is 0.493 e. The van der Waals surface area contributed by atoms with Gasteiger partial charge in [-0.2, -0.15) is 13.2 Å². The van der Waals surface area contributed by atoms with Crippen LogP contribution in [0.3, 0.4) is 0 Å². The number of benzene rings is 1. The van der Waals surface area contributed by atoms with Crippen LogP contribution in [0.4, 0.5) is 19.0 Å². The van der Waals surface area contributed by atoms with Crippen LogP contribution in [-0.2, 0) is 27.4 Å². The number of anilines is 1. The molecule has 2 heterocycles. The van der Waals surface area contributed by atoms with Gasteiger partial charge in [-0.3, -0.25) is 9.78 Å². The number of aliphatic carboxylic acids is 1. The maximum Gasteiger partial charge on any atom is 0.493 e. The molecule has 34 heavy (non-hydrogen) atoms. The van der Waals surface area contributed by atoms with E-state index in [2.05, 4.69) is 25.3 Å². The zero-order valence-electron chi connectivity index (χ0n) is 17.6. The Hall–Kier alpha value is -4.28. The molecule has 8 nitrogen and oxygen atoms in total. The Kier molecular flexibility index (Phi) is 7.91. The van der Waals surface area contributed by atoms with Crippen LogP contribution in [0.2, 0.25) is 0 Å². The summed E-state index contributed by atoms with van der Waals surface area (Å²) in [6.45, 7) is 0.440. The van der Waals surface area contributed by atoms with Gasteiger partial charge in [0.2, 0.25) is 0 Å². The number of carboxylic acids is 1. The molecule has 3 rings (SSSR count). The number of oxime groups is 1. The maximum atomic E-state index is 12.6. The first-order chi connectivity index (χ1) is 16.2. The Morgan fingerprint density at radius 3 is 2.44 bits per heavy atom. The molecule has 0 radical (unpaired) electrons. The fourth-order valence-corrected chi connectivity index (χ4v) is 2.81. The summed E-state index contributed by atoms with van der Waals surface area (Å²) in [5, 5.41) is 15.4. The lowest BCUT2D eigenvalue weighted by Gasteiger charge is -2.10. The van der Waals surface area contributed by atoms with Gasteiger partial charge in [0.25, 0.3) is 0 Å². The van der Waals surface area contributed by atoms with E-state index in [0.717, 1.165) is 5.56 Å². The molecule has 0 spiro atoms. The second-order valence-electron chi connectivity index (χ2n) is 6.99. The minimum absolute atomic E-state index is 0.108. The lowest BCUT2D eigenvalue weighted by atomic mass is 10.0. The first kappa shape index (κ1) is 24.4. The molecule has 176 valence electrons. The summed E-state index contributed by atoms with van der Waals surface area (Å²) in [6.07, 6.45) is -3.64. The molecular weight excluding hydrogens is 453 g/mol. The molecule has 3 aromatic rings. The lowest BCUT2D eigenvalue weighted by Crippen LogP contribution is -2.24. The normalized spacial score (nSPS) is 11.7. The van der Waals surface area contributed by atoms with Crippen molar-refractivity contribution in [1.82, 2.24) is 9.97 Å². The van der Waals surface area contributed by atoms with Crippen LogP contribution in [-0.4, -0.2) is 38.9 Å². The van der Waals surface area contributed by atoms with Crippen molar-refractivity contribution in [2.75, 3.05) is 5.32 Å². The van der Waals surface area contributed by atoms with E-state index in [1.54, 1.807) is 54.7 Å². The number of hydrogen-bond donors (Lipinski definition) is 2. The molecule has 1 aromatic carbocycles. The number of carboxylic acid groups (broad SMARTS) is 1. The van der Waals surface area contributed by atoms with E-state index < -0.39 is 18.1 Å². The van der Waals surface area contributed by atoms with E-state index in [4.69, 9.17) is 5.11 Å². The highest BCUT2D eigenvalue weighted by Crippen LogP contribution is 2.18. The van der Waals surface area contributed by atoms with E-state index in [0.29, 0.717) is 23.6 Å². The van der Waals surface area contributed by atoms with Gasteiger partial charge in [-0.25, -0.2) is 9.78 Å². The van der Waals surface area contributed by atoms with Crippen molar-refractivity contribution in [1.29, 1.82) is 0 Å². The van der Waals surface area contributed by atoms with Crippen molar-refractivity contribution < 1.29 is 32.7 Å². The molecule has 0 saturated carbocycles.